The summed E-state index contributed by atoms with van der Waals surface area (Å²) in [6, 6.07) is 2.73. The predicted molar refractivity (Wildman–Crippen MR) is 51.6 cm³/mol. The quantitative estimate of drug-likeness (QED) is 0.728. The summed E-state index contributed by atoms with van der Waals surface area (Å²) >= 11 is 0. The molecule has 0 aliphatic heterocycles. The van der Waals surface area contributed by atoms with Crippen LogP contribution in [0.1, 0.15) is 23.9 Å². The molecule has 70 valence electrons. The average molecular weight is 177 g/mol. The summed E-state index contributed by atoms with van der Waals surface area (Å²) in [7, 11) is 0. The van der Waals surface area contributed by atoms with Gasteiger partial charge in [0.25, 0.3) is 0 Å². The minimum absolute atomic E-state index is 0.580. The maximum Gasteiger partial charge on any atom is 0.0679 e. The van der Waals surface area contributed by atoms with E-state index in [0.29, 0.717) is 6.04 Å². The smallest absolute Gasteiger partial charge is 0.0679 e. The highest BCUT2D eigenvalue weighted by molar-refractivity contribution is 5.27. The van der Waals surface area contributed by atoms with E-state index in [0.717, 1.165) is 25.1 Å². The summed E-state index contributed by atoms with van der Waals surface area (Å²) < 4.78 is 0. The van der Waals surface area contributed by atoms with Crippen LogP contribution < -0.4 is 5.32 Å². The second-order valence-electron chi connectivity index (χ2n) is 3.62. The Morgan fingerprint density at radius 2 is 2.31 bits per heavy atom. The number of hydrogen-bond acceptors (Lipinski definition) is 3. The van der Waals surface area contributed by atoms with E-state index in [2.05, 4.69) is 28.5 Å². The van der Waals surface area contributed by atoms with Crippen molar-refractivity contribution in [2.75, 3.05) is 6.54 Å². The zero-order valence-electron chi connectivity index (χ0n) is 8.17. The number of nitrogens with one attached hydrogen (secondary N) is 1. The molecule has 1 aromatic rings. The van der Waals surface area contributed by atoms with Crippen LogP contribution in [0.4, 0.5) is 0 Å². The van der Waals surface area contributed by atoms with Gasteiger partial charge in [0.1, 0.15) is 0 Å². The van der Waals surface area contributed by atoms with Crippen LogP contribution in [0.5, 0.6) is 0 Å². The van der Waals surface area contributed by atoms with E-state index in [-0.39, 0.29) is 0 Å². The summed E-state index contributed by atoms with van der Waals surface area (Å²) in [5.41, 5.74) is 3.57. The van der Waals surface area contributed by atoms with Gasteiger partial charge in [0, 0.05) is 12.5 Å². The number of nitrogens with zero attached hydrogens (tertiary/aromatic N) is 2. The lowest BCUT2D eigenvalue weighted by molar-refractivity contribution is 0.549. The minimum atomic E-state index is 0.580. The molecule has 0 spiro atoms. The Bertz CT molecular complexity index is 309. The first kappa shape index (κ1) is 8.63. The zero-order valence-corrected chi connectivity index (χ0v) is 8.17. The molecule has 13 heavy (non-hydrogen) atoms. The third kappa shape index (κ3) is 1.70. The van der Waals surface area contributed by atoms with Gasteiger partial charge in [0.15, 0.2) is 0 Å². The second kappa shape index (κ2) is 3.42. The van der Waals surface area contributed by atoms with Crippen molar-refractivity contribution in [2.45, 2.75) is 32.7 Å². The van der Waals surface area contributed by atoms with E-state index in [9.17, 15) is 0 Å². The van der Waals surface area contributed by atoms with Crippen LogP contribution in [0.25, 0.3) is 0 Å². The van der Waals surface area contributed by atoms with Crippen LogP contribution in [-0.2, 0) is 12.8 Å². The highest BCUT2D eigenvalue weighted by Crippen LogP contribution is 2.19. The van der Waals surface area contributed by atoms with Gasteiger partial charge in [-0.1, -0.05) is 6.92 Å². The Hall–Kier alpha value is -0.960. The number of fused-ring (bicyclic) bond motifs is 1. The Balaban J connectivity index is 2.16. The molecular formula is C10H15N3. The maximum atomic E-state index is 4.20. The van der Waals surface area contributed by atoms with E-state index in [1.807, 2.05) is 6.92 Å². The number of aromatic nitrogens is 2. The van der Waals surface area contributed by atoms with Gasteiger partial charge >= 0.3 is 0 Å². The van der Waals surface area contributed by atoms with Gasteiger partial charge in [0.2, 0.25) is 0 Å². The van der Waals surface area contributed by atoms with E-state index >= 15 is 0 Å². The SMILES string of the molecule is CCNC1Cc2cc(C)nnc2C1. The van der Waals surface area contributed by atoms with Gasteiger partial charge < -0.3 is 5.32 Å². The third-order valence-electron chi connectivity index (χ3n) is 2.48. The molecule has 2 rings (SSSR count). The Morgan fingerprint density at radius 3 is 3.08 bits per heavy atom. The van der Waals surface area contributed by atoms with Crippen LogP contribution in [0.3, 0.4) is 0 Å². The molecule has 0 saturated heterocycles. The van der Waals surface area contributed by atoms with Gasteiger partial charge in [-0.15, -0.1) is 0 Å². The standard InChI is InChI=1S/C10H15N3/c1-3-11-9-5-8-4-7(2)12-13-10(8)6-9/h4,9,11H,3,5-6H2,1-2H3. The van der Waals surface area contributed by atoms with E-state index in [1.54, 1.807) is 0 Å². The van der Waals surface area contributed by atoms with Gasteiger partial charge in [0.05, 0.1) is 11.4 Å². The van der Waals surface area contributed by atoms with Crippen molar-refractivity contribution in [3.63, 3.8) is 0 Å². The lowest BCUT2D eigenvalue weighted by Crippen LogP contribution is -2.29. The van der Waals surface area contributed by atoms with E-state index < -0.39 is 0 Å². The van der Waals surface area contributed by atoms with Crippen LogP contribution in [-0.4, -0.2) is 22.8 Å². The van der Waals surface area contributed by atoms with Crippen molar-refractivity contribution in [3.8, 4) is 0 Å². The molecule has 1 unspecified atom stereocenters. The number of aryl methyl sites for hydroxylation is 1. The van der Waals surface area contributed by atoms with Gasteiger partial charge in [-0.3, -0.25) is 0 Å². The lowest BCUT2D eigenvalue weighted by atomic mass is 10.2. The number of hydrogen-bond donors (Lipinski definition) is 1. The fourth-order valence-electron chi connectivity index (χ4n) is 1.92. The third-order valence-corrected chi connectivity index (χ3v) is 2.48. The van der Waals surface area contributed by atoms with Crippen LogP contribution >= 0.6 is 0 Å². The van der Waals surface area contributed by atoms with Crippen molar-refractivity contribution < 1.29 is 0 Å². The summed E-state index contributed by atoms with van der Waals surface area (Å²) in [6.45, 7) is 5.17. The molecule has 0 fully saturated rings. The minimum Gasteiger partial charge on any atom is -0.314 e. The van der Waals surface area contributed by atoms with Crippen molar-refractivity contribution in [2.24, 2.45) is 0 Å². The summed E-state index contributed by atoms with van der Waals surface area (Å²) in [4.78, 5) is 0. The molecule has 3 heteroatoms. The Morgan fingerprint density at radius 1 is 1.46 bits per heavy atom. The molecule has 0 saturated carbocycles. The number of likely N-dealkylation sites (N-methyl/N-ethyl adjacent to an activating group) is 1. The van der Waals surface area contributed by atoms with E-state index in [1.165, 1.54) is 11.3 Å². The van der Waals surface area contributed by atoms with Crippen molar-refractivity contribution >= 4 is 0 Å². The molecule has 0 radical (unpaired) electrons. The van der Waals surface area contributed by atoms with Gasteiger partial charge in [-0.25, -0.2) is 0 Å². The van der Waals surface area contributed by atoms with Crippen LogP contribution in [0, 0.1) is 6.92 Å². The Labute approximate surface area is 78.6 Å². The summed E-state index contributed by atoms with van der Waals surface area (Å²) in [6.07, 6.45) is 2.15. The first-order valence-corrected chi connectivity index (χ1v) is 4.85. The first-order valence-electron chi connectivity index (χ1n) is 4.85. The monoisotopic (exact) mass is 177 g/mol. The number of rotatable bonds is 2. The molecule has 0 bridgehead atoms. The highest BCUT2D eigenvalue weighted by atomic mass is 15.1. The maximum absolute atomic E-state index is 4.20. The van der Waals surface area contributed by atoms with Crippen LogP contribution in [0.2, 0.25) is 0 Å². The fourth-order valence-corrected chi connectivity index (χ4v) is 1.92. The summed E-state index contributed by atoms with van der Waals surface area (Å²) in [5.74, 6) is 0. The Kier molecular flexibility index (Phi) is 2.27. The highest BCUT2D eigenvalue weighted by Gasteiger charge is 2.21. The summed E-state index contributed by atoms with van der Waals surface area (Å²) in [5, 5.41) is 11.7. The fraction of sp³-hybridized carbons (Fsp3) is 0.600. The topological polar surface area (TPSA) is 37.8 Å². The van der Waals surface area contributed by atoms with Crippen molar-refractivity contribution in [1.29, 1.82) is 0 Å². The largest absolute Gasteiger partial charge is 0.314 e. The van der Waals surface area contributed by atoms with Gasteiger partial charge in [-0.2, -0.15) is 10.2 Å². The van der Waals surface area contributed by atoms with Crippen molar-refractivity contribution in [1.82, 2.24) is 15.5 Å². The molecule has 1 heterocycles. The average Bonchev–Trinajstić information content (AvgIpc) is 2.46. The second-order valence-corrected chi connectivity index (χ2v) is 3.62. The van der Waals surface area contributed by atoms with Crippen LogP contribution in [0.15, 0.2) is 6.07 Å². The molecule has 1 aliphatic rings. The lowest BCUT2D eigenvalue weighted by Gasteiger charge is -2.07. The molecule has 3 nitrogen and oxygen atoms in total. The molecule has 1 atom stereocenters. The molecule has 1 aromatic heterocycles. The first-order chi connectivity index (χ1) is 6.29. The predicted octanol–water partition coefficient (Wildman–Crippen LogP) is 0.862. The normalized spacial score (nSPS) is 20.3. The van der Waals surface area contributed by atoms with E-state index in [4.69, 9.17) is 0 Å². The molecule has 0 aromatic carbocycles. The van der Waals surface area contributed by atoms with Crippen molar-refractivity contribution in [3.05, 3.63) is 23.0 Å². The van der Waals surface area contributed by atoms with Gasteiger partial charge in [-0.05, 0) is 31.5 Å². The molecule has 0 amide bonds. The molecular weight excluding hydrogens is 162 g/mol. The molecule has 1 N–H and O–H groups in total. The zero-order chi connectivity index (χ0) is 9.26. The molecule has 1 aliphatic carbocycles.